The molecule has 0 aliphatic heterocycles. The maximum Gasteiger partial charge on any atom is 0.162 e. The first-order chi connectivity index (χ1) is 6.72. The number of benzene rings is 1. The summed E-state index contributed by atoms with van der Waals surface area (Å²) >= 11 is 5.94. The van der Waals surface area contributed by atoms with Crippen molar-refractivity contribution < 1.29 is 14.3 Å². The van der Waals surface area contributed by atoms with Crippen molar-refractivity contribution in [3.63, 3.8) is 0 Å². The fourth-order valence-corrected chi connectivity index (χ4v) is 1.30. The fraction of sp³-hybridized carbons (Fsp3) is 0.333. The average molecular weight is 218 g/mol. The van der Waals surface area contributed by atoms with Gasteiger partial charge in [-0.25, -0.2) is 5.90 Å². The summed E-state index contributed by atoms with van der Waals surface area (Å²) in [5, 5.41) is 0.535. The van der Waals surface area contributed by atoms with Gasteiger partial charge in [-0.15, -0.1) is 0 Å². The first kappa shape index (κ1) is 11.1. The summed E-state index contributed by atoms with van der Waals surface area (Å²) in [6.07, 6.45) is 0. The molecule has 0 amide bonds. The maximum atomic E-state index is 5.94. The van der Waals surface area contributed by atoms with Gasteiger partial charge in [0.25, 0.3) is 0 Å². The van der Waals surface area contributed by atoms with E-state index in [2.05, 4.69) is 4.84 Å². The zero-order valence-electron chi connectivity index (χ0n) is 8.04. The highest BCUT2D eigenvalue weighted by atomic mass is 35.5. The third-order valence-corrected chi connectivity index (χ3v) is 2.14. The van der Waals surface area contributed by atoms with Crippen LogP contribution in [-0.4, -0.2) is 14.2 Å². The van der Waals surface area contributed by atoms with E-state index in [4.69, 9.17) is 27.0 Å². The molecule has 1 rings (SSSR count). The first-order valence-electron chi connectivity index (χ1n) is 3.95. The van der Waals surface area contributed by atoms with E-state index in [0.29, 0.717) is 16.5 Å². The van der Waals surface area contributed by atoms with Crippen LogP contribution >= 0.6 is 11.6 Å². The number of ether oxygens (including phenoxy) is 2. The molecule has 1 aromatic carbocycles. The largest absolute Gasteiger partial charge is 0.493 e. The molecule has 0 aromatic heterocycles. The zero-order chi connectivity index (χ0) is 10.6. The van der Waals surface area contributed by atoms with Crippen LogP contribution in [0.25, 0.3) is 0 Å². The van der Waals surface area contributed by atoms with Gasteiger partial charge in [-0.2, -0.15) is 0 Å². The number of rotatable bonds is 4. The maximum absolute atomic E-state index is 5.94. The SMILES string of the molecule is COc1cc(Cl)c(CON)cc1OC. The summed E-state index contributed by atoms with van der Waals surface area (Å²) in [7, 11) is 3.10. The second kappa shape index (κ2) is 5.05. The average Bonchev–Trinajstić information content (AvgIpc) is 2.20. The van der Waals surface area contributed by atoms with E-state index in [1.165, 1.54) is 0 Å². The van der Waals surface area contributed by atoms with Crippen molar-refractivity contribution in [2.24, 2.45) is 5.90 Å². The van der Waals surface area contributed by atoms with Crippen LogP contribution in [0.4, 0.5) is 0 Å². The van der Waals surface area contributed by atoms with Crippen LogP contribution in [-0.2, 0) is 11.4 Å². The van der Waals surface area contributed by atoms with Gasteiger partial charge in [0.2, 0.25) is 0 Å². The molecule has 0 radical (unpaired) electrons. The Hall–Kier alpha value is -0.970. The fourth-order valence-electron chi connectivity index (χ4n) is 1.10. The minimum atomic E-state index is 0.235. The van der Waals surface area contributed by atoms with Gasteiger partial charge in [-0.1, -0.05) is 11.6 Å². The highest BCUT2D eigenvalue weighted by molar-refractivity contribution is 6.31. The Morgan fingerprint density at radius 3 is 2.29 bits per heavy atom. The number of hydrogen-bond acceptors (Lipinski definition) is 4. The molecule has 0 heterocycles. The van der Waals surface area contributed by atoms with E-state index in [1.54, 1.807) is 26.4 Å². The third-order valence-electron chi connectivity index (χ3n) is 1.79. The minimum absolute atomic E-state index is 0.235. The summed E-state index contributed by atoms with van der Waals surface area (Å²) in [4.78, 5) is 4.50. The molecular formula is C9H12ClNO3. The lowest BCUT2D eigenvalue weighted by molar-refractivity contribution is 0.124. The second-order valence-corrected chi connectivity index (χ2v) is 3.02. The summed E-state index contributed by atoms with van der Waals surface area (Å²) in [6.45, 7) is 0.235. The van der Waals surface area contributed by atoms with Crippen molar-refractivity contribution in [3.8, 4) is 11.5 Å². The molecule has 5 heteroatoms. The number of nitrogens with two attached hydrogens (primary N) is 1. The first-order valence-corrected chi connectivity index (χ1v) is 4.32. The van der Waals surface area contributed by atoms with Gasteiger partial charge in [0.05, 0.1) is 25.8 Å². The monoisotopic (exact) mass is 217 g/mol. The lowest BCUT2D eigenvalue weighted by Crippen LogP contribution is -2.00. The molecular weight excluding hydrogens is 206 g/mol. The zero-order valence-corrected chi connectivity index (χ0v) is 8.80. The van der Waals surface area contributed by atoms with Crippen molar-refractivity contribution >= 4 is 11.6 Å². The molecule has 0 saturated carbocycles. The predicted octanol–water partition coefficient (Wildman–Crippen LogP) is 1.75. The Kier molecular flexibility index (Phi) is 4.00. The Bertz CT molecular complexity index is 317. The van der Waals surface area contributed by atoms with Gasteiger partial charge in [-0.3, -0.25) is 4.84 Å². The molecule has 4 nitrogen and oxygen atoms in total. The number of methoxy groups -OCH3 is 2. The Balaban J connectivity index is 3.09. The van der Waals surface area contributed by atoms with Crippen LogP contribution in [0, 0.1) is 0 Å². The van der Waals surface area contributed by atoms with Gasteiger partial charge in [-0.05, 0) is 6.07 Å². The summed E-state index contributed by atoms with van der Waals surface area (Å²) in [6, 6.07) is 3.39. The van der Waals surface area contributed by atoms with Gasteiger partial charge in [0, 0.05) is 11.6 Å². The standard InChI is InChI=1S/C9H12ClNO3/c1-12-8-3-6(5-14-11)7(10)4-9(8)13-2/h3-4H,5,11H2,1-2H3. The highest BCUT2D eigenvalue weighted by Crippen LogP contribution is 2.33. The molecule has 1 aromatic rings. The van der Waals surface area contributed by atoms with E-state index < -0.39 is 0 Å². The number of halogens is 1. The lowest BCUT2D eigenvalue weighted by atomic mass is 10.2. The smallest absolute Gasteiger partial charge is 0.162 e. The molecule has 0 aliphatic carbocycles. The van der Waals surface area contributed by atoms with Crippen molar-refractivity contribution in [3.05, 3.63) is 22.7 Å². The Morgan fingerprint density at radius 2 is 1.79 bits per heavy atom. The predicted molar refractivity (Wildman–Crippen MR) is 53.5 cm³/mol. The van der Waals surface area contributed by atoms with Gasteiger partial charge in [0.15, 0.2) is 11.5 Å². The van der Waals surface area contributed by atoms with E-state index >= 15 is 0 Å². The normalized spacial score (nSPS) is 10.0. The summed E-state index contributed by atoms with van der Waals surface area (Å²) in [5.41, 5.74) is 0.756. The number of hydrogen-bond donors (Lipinski definition) is 1. The Morgan fingerprint density at radius 1 is 1.21 bits per heavy atom. The molecule has 0 saturated heterocycles. The molecule has 2 N–H and O–H groups in total. The Labute approximate surface area is 87.5 Å². The minimum Gasteiger partial charge on any atom is -0.493 e. The molecule has 14 heavy (non-hydrogen) atoms. The van der Waals surface area contributed by atoms with E-state index in [1.807, 2.05) is 0 Å². The molecule has 0 aliphatic rings. The van der Waals surface area contributed by atoms with E-state index in [0.717, 1.165) is 5.56 Å². The van der Waals surface area contributed by atoms with Crippen molar-refractivity contribution in [2.75, 3.05) is 14.2 Å². The van der Waals surface area contributed by atoms with Crippen LogP contribution in [0.5, 0.6) is 11.5 Å². The molecule has 0 spiro atoms. The third kappa shape index (κ3) is 2.29. The van der Waals surface area contributed by atoms with Crippen LogP contribution < -0.4 is 15.4 Å². The van der Waals surface area contributed by atoms with Crippen LogP contribution in [0.3, 0.4) is 0 Å². The summed E-state index contributed by atoms with van der Waals surface area (Å²) < 4.78 is 10.2. The molecule has 0 unspecified atom stereocenters. The lowest BCUT2D eigenvalue weighted by Gasteiger charge is -2.10. The topological polar surface area (TPSA) is 53.7 Å². The van der Waals surface area contributed by atoms with Gasteiger partial charge < -0.3 is 9.47 Å². The molecule has 0 fully saturated rings. The highest BCUT2D eigenvalue weighted by Gasteiger charge is 2.09. The van der Waals surface area contributed by atoms with Crippen LogP contribution in [0.1, 0.15) is 5.56 Å². The molecule has 0 atom stereocenters. The molecule has 0 bridgehead atoms. The van der Waals surface area contributed by atoms with E-state index in [-0.39, 0.29) is 6.61 Å². The quantitative estimate of drug-likeness (QED) is 0.781. The van der Waals surface area contributed by atoms with Crippen molar-refractivity contribution in [1.29, 1.82) is 0 Å². The van der Waals surface area contributed by atoms with Gasteiger partial charge >= 0.3 is 0 Å². The molecule has 78 valence electrons. The second-order valence-electron chi connectivity index (χ2n) is 2.61. The van der Waals surface area contributed by atoms with Crippen molar-refractivity contribution in [1.82, 2.24) is 0 Å². The van der Waals surface area contributed by atoms with E-state index in [9.17, 15) is 0 Å². The van der Waals surface area contributed by atoms with Crippen molar-refractivity contribution in [2.45, 2.75) is 6.61 Å². The van der Waals surface area contributed by atoms with Crippen LogP contribution in [0.15, 0.2) is 12.1 Å². The van der Waals surface area contributed by atoms with Crippen LogP contribution in [0.2, 0.25) is 5.02 Å². The van der Waals surface area contributed by atoms with Gasteiger partial charge in [0.1, 0.15) is 0 Å². The summed E-state index contributed by atoms with van der Waals surface area (Å²) in [5.74, 6) is 6.14.